The summed E-state index contributed by atoms with van der Waals surface area (Å²) in [6.45, 7) is 8.32. The summed E-state index contributed by atoms with van der Waals surface area (Å²) in [6.07, 6.45) is -4.70. The normalized spacial score (nSPS) is 14.0. The Kier molecular flexibility index (Phi) is 8.49. The van der Waals surface area contributed by atoms with Crippen molar-refractivity contribution in [2.75, 3.05) is 13.2 Å². The Morgan fingerprint density at radius 1 is 0.939 bits per heavy atom. The molecule has 1 unspecified atom stereocenters. The summed E-state index contributed by atoms with van der Waals surface area (Å²) in [5.41, 5.74) is 2.12. The van der Waals surface area contributed by atoms with Crippen LogP contribution in [0.5, 0.6) is 0 Å². The number of ether oxygens (including phenoxy) is 2. The SMILES string of the molecule is CC(C)CC(c1ccc2cc(COCC(=O)OCC(F)(F)C(F)(F)F)ccc2c1)C(C)(C)C. The topological polar surface area (TPSA) is 35.5 Å². The molecule has 0 aromatic heterocycles. The van der Waals surface area contributed by atoms with Crippen molar-refractivity contribution in [1.82, 2.24) is 0 Å². The monoisotopic (exact) mass is 474 g/mol. The molecule has 0 amide bonds. The van der Waals surface area contributed by atoms with Gasteiger partial charge in [-0.05, 0) is 51.6 Å². The summed E-state index contributed by atoms with van der Waals surface area (Å²) in [4.78, 5) is 11.4. The summed E-state index contributed by atoms with van der Waals surface area (Å²) in [7, 11) is 0. The largest absolute Gasteiger partial charge is 0.457 e. The standard InChI is InChI=1S/C25H31F5O3/c1-16(2)10-21(23(3,4)5)20-9-8-18-11-17(6-7-19(18)12-20)13-32-14-22(31)33-15-24(26,27)25(28,29)30/h6-9,11-12,16,21H,10,13-15H2,1-5H3. The first-order chi connectivity index (χ1) is 15.1. The van der Waals surface area contributed by atoms with Crippen LogP contribution in [-0.2, 0) is 20.9 Å². The van der Waals surface area contributed by atoms with Crippen molar-refractivity contribution in [1.29, 1.82) is 0 Å². The summed E-state index contributed by atoms with van der Waals surface area (Å²) in [5.74, 6) is -5.42. The van der Waals surface area contributed by atoms with Crippen molar-refractivity contribution in [2.24, 2.45) is 11.3 Å². The molecular weight excluding hydrogens is 443 g/mol. The van der Waals surface area contributed by atoms with Crippen molar-refractivity contribution in [3.05, 3.63) is 47.5 Å². The molecule has 3 nitrogen and oxygen atoms in total. The van der Waals surface area contributed by atoms with Crippen LogP contribution in [0.2, 0.25) is 0 Å². The molecule has 0 saturated carbocycles. The van der Waals surface area contributed by atoms with Crippen molar-refractivity contribution in [3.63, 3.8) is 0 Å². The van der Waals surface area contributed by atoms with E-state index in [1.165, 1.54) is 5.56 Å². The number of carbonyl (C=O) groups excluding carboxylic acids is 1. The van der Waals surface area contributed by atoms with Crippen LogP contribution in [0.4, 0.5) is 22.0 Å². The molecule has 2 aromatic carbocycles. The number of fused-ring (bicyclic) bond motifs is 1. The van der Waals surface area contributed by atoms with Gasteiger partial charge in [0.15, 0.2) is 6.61 Å². The molecule has 184 valence electrons. The van der Waals surface area contributed by atoms with Crippen LogP contribution in [0.3, 0.4) is 0 Å². The zero-order chi connectivity index (χ0) is 25.0. The third-order valence-corrected chi connectivity index (χ3v) is 5.40. The van der Waals surface area contributed by atoms with Crippen LogP contribution in [0, 0.1) is 11.3 Å². The number of rotatable bonds is 9. The van der Waals surface area contributed by atoms with Gasteiger partial charge in [-0.15, -0.1) is 0 Å². The predicted octanol–water partition coefficient (Wildman–Crippen LogP) is 7.27. The Bertz CT molecular complexity index is 945. The Labute approximate surface area is 191 Å². The molecule has 1 atom stereocenters. The third kappa shape index (κ3) is 7.66. The van der Waals surface area contributed by atoms with Crippen LogP contribution in [0.25, 0.3) is 10.8 Å². The van der Waals surface area contributed by atoms with E-state index in [0.29, 0.717) is 11.8 Å². The van der Waals surface area contributed by atoms with E-state index in [2.05, 4.69) is 51.5 Å². The molecule has 0 aliphatic carbocycles. The zero-order valence-electron chi connectivity index (χ0n) is 19.6. The van der Waals surface area contributed by atoms with Gasteiger partial charge < -0.3 is 9.47 Å². The van der Waals surface area contributed by atoms with Crippen LogP contribution in [0.15, 0.2) is 36.4 Å². The van der Waals surface area contributed by atoms with Crippen molar-refractivity contribution < 1.29 is 36.2 Å². The van der Waals surface area contributed by atoms with E-state index in [0.717, 1.165) is 22.8 Å². The lowest BCUT2D eigenvalue weighted by Crippen LogP contribution is -2.41. The molecule has 0 fully saturated rings. The zero-order valence-corrected chi connectivity index (χ0v) is 19.6. The lowest BCUT2D eigenvalue weighted by Gasteiger charge is -2.33. The smallest absolute Gasteiger partial charge is 0.456 e. The Hall–Kier alpha value is -2.22. The van der Waals surface area contributed by atoms with E-state index in [9.17, 15) is 26.7 Å². The Morgan fingerprint density at radius 2 is 1.55 bits per heavy atom. The minimum atomic E-state index is -5.78. The fourth-order valence-electron chi connectivity index (χ4n) is 3.63. The third-order valence-electron chi connectivity index (χ3n) is 5.40. The molecule has 8 heteroatoms. The van der Waals surface area contributed by atoms with Crippen LogP contribution < -0.4 is 0 Å². The number of alkyl halides is 5. The molecule has 0 radical (unpaired) electrons. The first kappa shape index (κ1) is 27.0. The van der Waals surface area contributed by atoms with Gasteiger partial charge in [-0.2, -0.15) is 22.0 Å². The minimum Gasteiger partial charge on any atom is -0.457 e. The van der Waals surface area contributed by atoms with E-state index in [-0.39, 0.29) is 12.0 Å². The maximum absolute atomic E-state index is 12.8. The Morgan fingerprint density at radius 3 is 2.12 bits per heavy atom. The highest BCUT2D eigenvalue weighted by molar-refractivity contribution is 5.84. The van der Waals surface area contributed by atoms with E-state index in [1.807, 2.05) is 24.3 Å². The first-order valence-corrected chi connectivity index (χ1v) is 10.8. The second-order valence-corrected chi connectivity index (χ2v) is 9.84. The van der Waals surface area contributed by atoms with Gasteiger partial charge in [-0.1, -0.05) is 65.0 Å². The number of benzene rings is 2. The molecule has 0 heterocycles. The molecule has 0 aliphatic heterocycles. The Balaban J connectivity index is 1.99. The van der Waals surface area contributed by atoms with E-state index in [1.54, 1.807) is 0 Å². The maximum atomic E-state index is 12.8. The number of esters is 1. The van der Waals surface area contributed by atoms with Crippen LogP contribution >= 0.6 is 0 Å². The molecule has 2 aromatic rings. The van der Waals surface area contributed by atoms with Crippen molar-refractivity contribution in [3.8, 4) is 0 Å². The summed E-state index contributed by atoms with van der Waals surface area (Å²) in [5, 5.41) is 2.03. The number of halogens is 5. The number of hydrogen-bond acceptors (Lipinski definition) is 3. The highest BCUT2D eigenvalue weighted by Crippen LogP contribution is 2.40. The van der Waals surface area contributed by atoms with Gasteiger partial charge >= 0.3 is 18.1 Å². The van der Waals surface area contributed by atoms with Gasteiger partial charge in [0, 0.05) is 0 Å². The molecule has 0 bridgehead atoms. The van der Waals surface area contributed by atoms with Gasteiger partial charge in [-0.3, -0.25) is 0 Å². The van der Waals surface area contributed by atoms with Gasteiger partial charge in [-0.25, -0.2) is 4.79 Å². The molecule has 2 rings (SSSR count). The van der Waals surface area contributed by atoms with E-state index in [4.69, 9.17) is 4.74 Å². The second-order valence-electron chi connectivity index (χ2n) is 9.84. The molecular formula is C25H31F5O3. The fourth-order valence-corrected chi connectivity index (χ4v) is 3.63. The molecule has 0 aliphatic rings. The number of carbonyl (C=O) groups is 1. The van der Waals surface area contributed by atoms with Crippen molar-refractivity contribution in [2.45, 2.75) is 65.7 Å². The average molecular weight is 475 g/mol. The summed E-state index contributed by atoms with van der Waals surface area (Å²) in [6, 6.07) is 12.0. The lowest BCUT2D eigenvalue weighted by atomic mass is 9.72. The number of hydrogen-bond donors (Lipinski definition) is 0. The summed E-state index contributed by atoms with van der Waals surface area (Å²) >= 11 is 0. The molecule has 0 saturated heterocycles. The van der Waals surface area contributed by atoms with Gasteiger partial charge in [0.2, 0.25) is 0 Å². The van der Waals surface area contributed by atoms with E-state index >= 15 is 0 Å². The van der Waals surface area contributed by atoms with Gasteiger partial charge in [0.25, 0.3) is 0 Å². The maximum Gasteiger partial charge on any atom is 0.456 e. The molecule has 0 N–H and O–H groups in total. The summed E-state index contributed by atoms with van der Waals surface area (Å²) < 4.78 is 71.0. The predicted molar refractivity (Wildman–Crippen MR) is 117 cm³/mol. The van der Waals surface area contributed by atoms with Crippen LogP contribution in [-0.4, -0.2) is 31.3 Å². The van der Waals surface area contributed by atoms with Crippen molar-refractivity contribution >= 4 is 16.7 Å². The van der Waals surface area contributed by atoms with Gasteiger partial charge in [0.05, 0.1) is 6.61 Å². The second kappa shape index (κ2) is 10.4. The highest BCUT2D eigenvalue weighted by atomic mass is 19.4. The fraction of sp³-hybridized carbons (Fsp3) is 0.560. The first-order valence-electron chi connectivity index (χ1n) is 10.8. The van der Waals surface area contributed by atoms with Crippen LogP contribution in [0.1, 0.15) is 58.1 Å². The highest BCUT2D eigenvalue weighted by Gasteiger charge is 2.58. The van der Waals surface area contributed by atoms with Gasteiger partial charge in [0.1, 0.15) is 6.61 Å². The lowest BCUT2D eigenvalue weighted by molar-refractivity contribution is -0.294. The minimum absolute atomic E-state index is 0.0135. The van der Waals surface area contributed by atoms with E-state index < -0.39 is 31.3 Å². The molecule has 33 heavy (non-hydrogen) atoms. The average Bonchev–Trinajstić information content (AvgIpc) is 2.68. The quantitative estimate of drug-likeness (QED) is 0.283. The molecule has 0 spiro atoms.